The first kappa shape index (κ1) is 22.0. The normalized spacial score (nSPS) is 10.7. The highest BCUT2D eigenvalue weighted by atomic mass is 19.1. The minimum absolute atomic E-state index is 0.0660. The predicted octanol–water partition coefficient (Wildman–Crippen LogP) is 3.82. The van der Waals surface area contributed by atoms with Gasteiger partial charge in [0.2, 0.25) is 0 Å². The summed E-state index contributed by atoms with van der Waals surface area (Å²) in [5, 5.41) is 3.72. The fourth-order valence-corrected chi connectivity index (χ4v) is 3.65. The Morgan fingerprint density at radius 3 is 2.24 bits per heavy atom. The van der Waals surface area contributed by atoms with Crippen molar-refractivity contribution in [1.29, 1.82) is 0 Å². The lowest BCUT2D eigenvalue weighted by Crippen LogP contribution is -2.30. The van der Waals surface area contributed by atoms with E-state index in [1.807, 2.05) is 30.3 Å². The van der Waals surface area contributed by atoms with Crippen LogP contribution in [0.4, 0.5) is 4.39 Å². The number of amides is 1. The lowest BCUT2D eigenvalue weighted by atomic mass is 9.97. The summed E-state index contributed by atoms with van der Waals surface area (Å²) in [7, 11) is 1.51. The lowest BCUT2D eigenvalue weighted by molar-refractivity contribution is -0.124. The number of hydrogen-bond donors (Lipinski definition) is 1. The maximum atomic E-state index is 13.1. The molecule has 4 rings (SSSR count). The molecular weight excluding hydrogens is 423 g/mol. The molecule has 166 valence electrons. The minimum atomic E-state index is -0.781. The molecule has 6 nitrogen and oxygen atoms in total. The summed E-state index contributed by atoms with van der Waals surface area (Å²) in [5.41, 5.74) is 1.75. The minimum Gasteiger partial charge on any atom is -0.451 e. The van der Waals surface area contributed by atoms with Crippen molar-refractivity contribution in [2.45, 2.75) is 6.54 Å². The third-order valence-corrected chi connectivity index (χ3v) is 5.30. The van der Waals surface area contributed by atoms with Gasteiger partial charge in [-0.3, -0.25) is 9.59 Å². The number of nitrogens with one attached hydrogen (secondary N) is 1. The number of halogens is 1. The van der Waals surface area contributed by atoms with Gasteiger partial charge in [0.05, 0.1) is 0 Å². The van der Waals surface area contributed by atoms with Gasteiger partial charge >= 0.3 is 5.97 Å². The maximum Gasteiger partial charge on any atom is 0.356 e. The fourth-order valence-electron chi connectivity index (χ4n) is 3.65. The highest BCUT2D eigenvalue weighted by Crippen LogP contribution is 2.30. The van der Waals surface area contributed by atoms with E-state index in [4.69, 9.17) is 4.74 Å². The van der Waals surface area contributed by atoms with E-state index in [1.54, 1.807) is 36.4 Å². The van der Waals surface area contributed by atoms with Crippen molar-refractivity contribution >= 4 is 22.6 Å². The van der Waals surface area contributed by atoms with Gasteiger partial charge in [0.1, 0.15) is 11.5 Å². The Kier molecular flexibility index (Phi) is 6.31. The van der Waals surface area contributed by atoms with E-state index in [1.165, 1.54) is 23.7 Å². The van der Waals surface area contributed by atoms with Gasteiger partial charge in [-0.25, -0.2) is 9.18 Å². The first-order valence-electron chi connectivity index (χ1n) is 10.3. The van der Waals surface area contributed by atoms with Crippen molar-refractivity contribution < 1.29 is 18.7 Å². The summed E-state index contributed by atoms with van der Waals surface area (Å²) in [5.74, 6) is -1.66. The number of fused-ring (bicyclic) bond motifs is 1. The molecule has 0 spiro atoms. The summed E-state index contributed by atoms with van der Waals surface area (Å²) >= 11 is 0. The molecule has 7 heteroatoms. The molecule has 0 radical (unpaired) electrons. The van der Waals surface area contributed by atoms with Gasteiger partial charge in [0.15, 0.2) is 6.61 Å². The molecule has 3 aromatic carbocycles. The highest BCUT2D eigenvalue weighted by Gasteiger charge is 2.23. The van der Waals surface area contributed by atoms with Crippen LogP contribution in [0.2, 0.25) is 0 Å². The molecule has 0 unspecified atom stereocenters. The van der Waals surface area contributed by atoms with E-state index in [0.717, 1.165) is 5.56 Å². The molecule has 0 saturated heterocycles. The molecule has 1 aromatic heterocycles. The molecule has 1 heterocycles. The van der Waals surface area contributed by atoms with E-state index >= 15 is 0 Å². The molecule has 33 heavy (non-hydrogen) atoms. The van der Waals surface area contributed by atoms with Crippen LogP contribution in [0.15, 0.2) is 83.7 Å². The fraction of sp³-hybridized carbons (Fsp3) is 0.115. The molecule has 0 saturated carbocycles. The van der Waals surface area contributed by atoms with Crippen LogP contribution in [0.5, 0.6) is 0 Å². The van der Waals surface area contributed by atoms with E-state index in [0.29, 0.717) is 21.9 Å². The second-order valence-electron chi connectivity index (χ2n) is 7.48. The number of pyridine rings is 1. The average Bonchev–Trinajstić information content (AvgIpc) is 2.84. The van der Waals surface area contributed by atoms with Crippen LogP contribution >= 0.6 is 0 Å². The molecule has 0 atom stereocenters. The summed E-state index contributed by atoms with van der Waals surface area (Å²) < 4.78 is 19.5. The van der Waals surface area contributed by atoms with Crippen molar-refractivity contribution in [3.8, 4) is 11.1 Å². The Bertz CT molecular complexity index is 1380. The topological polar surface area (TPSA) is 77.4 Å². The molecule has 0 aliphatic heterocycles. The number of aromatic nitrogens is 1. The quantitative estimate of drug-likeness (QED) is 0.459. The monoisotopic (exact) mass is 444 g/mol. The molecule has 0 bridgehead atoms. The lowest BCUT2D eigenvalue weighted by Gasteiger charge is -2.16. The Labute approximate surface area is 189 Å². The molecule has 4 aromatic rings. The number of benzene rings is 3. The summed E-state index contributed by atoms with van der Waals surface area (Å²) in [6.45, 7) is -0.352. The number of carbonyl (C=O) groups excluding carboxylic acids is 2. The van der Waals surface area contributed by atoms with Crippen LogP contribution in [0, 0.1) is 5.82 Å². The van der Waals surface area contributed by atoms with Crippen molar-refractivity contribution in [3.05, 3.63) is 106 Å². The molecule has 0 aliphatic carbocycles. The van der Waals surface area contributed by atoms with E-state index in [-0.39, 0.29) is 23.6 Å². The van der Waals surface area contributed by atoms with Crippen molar-refractivity contribution in [3.63, 3.8) is 0 Å². The summed E-state index contributed by atoms with van der Waals surface area (Å²) in [6.07, 6.45) is 0. The van der Waals surface area contributed by atoms with Crippen LogP contribution in [-0.4, -0.2) is 23.1 Å². The van der Waals surface area contributed by atoms with Crippen molar-refractivity contribution in [1.82, 2.24) is 9.88 Å². The Morgan fingerprint density at radius 1 is 0.909 bits per heavy atom. The van der Waals surface area contributed by atoms with Gasteiger partial charge in [0, 0.05) is 24.5 Å². The highest BCUT2D eigenvalue weighted by molar-refractivity contribution is 6.06. The summed E-state index contributed by atoms with van der Waals surface area (Å²) in [4.78, 5) is 38.2. The Balaban J connectivity index is 1.60. The van der Waals surface area contributed by atoms with Gasteiger partial charge < -0.3 is 14.6 Å². The number of esters is 1. The second-order valence-corrected chi connectivity index (χ2v) is 7.48. The average molecular weight is 444 g/mol. The number of carbonyl (C=O) groups is 2. The van der Waals surface area contributed by atoms with Crippen LogP contribution in [-0.2, 0) is 23.1 Å². The second kappa shape index (κ2) is 9.48. The predicted molar refractivity (Wildman–Crippen MR) is 123 cm³/mol. The van der Waals surface area contributed by atoms with E-state index in [2.05, 4.69) is 5.32 Å². The van der Waals surface area contributed by atoms with E-state index < -0.39 is 18.5 Å². The standard InChI is InChI=1S/C26H21FN2O4/c1-29-24(26(32)33-16-22(30)28-15-17-11-13-19(27)14-12-17)23(18-7-3-2-4-8-18)20-9-5-6-10-21(20)25(29)31/h2-14H,15-16H2,1H3,(H,28,30). The zero-order valence-electron chi connectivity index (χ0n) is 17.9. The van der Waals surface area contributed by atoms with Crippen LogP contribution in [0.25, 0.3) is 21.9 Å². The van der Waals surface area contributed by atoms with Gasteiger partial charge in [-0.15, -0.1) is 0 Å². The first-order valence-corrected chi connectivity index (χ1v) is 10.3. The van der Waals surface area contributed by atoms with Crippen molar-refractivity contribution in [2.24, 2.45) is 7.05 Å². The number of nitrogens with zero attached hydrogens (tertiary/aromatic N) is 1. The first-order chi connectivity index (χ1) is 16.0. The van der Waals surface area contributed by atoms with Crippen LogP contribution < -0.4 is 10.9 Å². The number of ether oxygens (including phenoxy) is 1. The largest absolute Gasteiger partial charge is 0.451 e. The summed E-state index contributed by atoms with van der Waals surface area (Å²) in [6, 6.07) is 22.0. The van der Waals surface area contributed by atoms with Crippen LogP contribution in [0.1, 0.15) is 16.1 Å². The molecule has 0 aliphatic rings. The molecular formula is C26H21FN2O4. The zero-order valence-corrected chi connectivity index (χ0v) is 17.9. The number of hydrogen-bond acceptors (Lipinski definition) is 4. The van der Waals surface area contributed by atoms with Crippen molar-refractivity contribution in [2.75, 3.05) is 6.61 Å². The Hall–Kier alpha value is -4.26. The van der Waals surface area contributed by atoms with Gasteiger partial charge in [-0.1, -0.05) is 60.7 Å². The van der Waals surface area contributed by atoms with Crippen LogP contribution in [0.3, 0.4) is 0 Å². The SMILES string of the molecule is Cn1c(C(=O)OCC(=O)NCc2ccc(F)cc2)c(-c2ccccc2)c2ccccc2c1=O. The van der Waals surface area contributed by atoms with Gasteiger partial charge in [-0.05, 0) is 34.7 Å². The number of rotatable bonds is 6. The molecule has 0 fully saturated rings. The molecule has 1 N–H and O–H groups in total. The Morgan fingerprint density at radius 2 is 1.55 bits per heavy atom. The maximum absolute atomic E-state index is 13.1. The molecule has 1 amide bonds. The van der Waals surface area contributed by atoms with Gasteiger partial charge in [0.25, 0.3) is 11.5 Å². The smallest absolute Gasteiger partial charge is 0.356 e. The third-order valence-electron chi connectivity index (χ3n) is 5.30. The van der Waals surface area contributed by atoms with Gasteiger partial charge in [-0.2, -0.15) is 0 Å². The van der Waals surface area contributed by atoms with E-state index in [9.17, 15) is 18.8 Å². The zero-order chi connectivity index (χ0) is 23.4. The third kappa shape index (κ3) is 4.67.